The van der Waals surface area contributed by atoms with Crippen LogP contribution in [0.5, 0.6) is 5.75 Å². The Balaban J connectivity index is 1.79. The van der Waals surface area contributed by atoms with Gasteiger partial charge in [-0.2, -0.15) is 18.2 Å². The van der Waals surface area contributed by atoms with Gasteiger partial charge in [-0.3, -0.25) is 4.79 Å². The number of hydrogen-bond donors (Lipinski definition) is 1. The first-order chi connectivity index (χ1) is 14.2. The van der Waals surface area contributed by atoms with Crippen molar-refractivity contribution in [2.75, 3.05) is 37.4 Å². The summed E-state index contributed by atoms with van der Waals surface area (Å²) in [5.74, 6) is 0.114. The SMILES string of the molecule is CN1CCCN(C)c2nc(ncc2C(F)(F)F)Nc2cc(ccc2OC2CC2)C1=O. The van der Waals surface area contributed by atoms with Crippen LogP contribution in [0, 0.1) is 0 Å². The molecule has 1 amide bonds. The molecule has 10 heteroatoms. The van der Waals surface area contributed by atoms with Gasteiger partial charge in [0.25, 0.3) is 5.91 Å². The van der Waals surface area contributed by atoms with E-state index in [1.807, 2.05) is 0 Å². The minimum absolute atomic E-state index is 0.00250. The van der Waals surface area contributed by atoms with E-state index >= 15 is 0 Å². The van der Waals surface area contributed by atoms with Gasteiger partial charge in [0.15, 0.2) is 0 Å². The number of alkyl halides is 3. The number of ether oxygens (including phenoxy) is 1. The van der Waals surface area contributed by atoms with Gasteiger partial charge in [-0.25, -0.2) is 4.98 Å². The van der Waals surface area contributed by atoms with Crippen LogP contribution in [0.3, 0.4) is 0 Å². The van der Waals surface area contributed by atoms with E-state index in [1.54, 1.807) is 37.2 Å². The fraction of sp³-hybridized carbons (Fsp3) is 0.450. The van der Waals surface area contributed by atoms with Gasteiger partial charge in [0.2, 0.25) is 5.95 Å². The normalized spacial score (nSPS) is 17.6. The Labute approximate surface area is 171 Å². The topological polar surface area (TPSA) is 70.6 Å². The first-order valence-electron chi connectivity index (χ1n) is 9.71. The summed E-state index contributed by atoms with van der Waals surface area (Å²) < 4.78 is 46.4. The van der Waals surface area contributed by atoms with Crippen molar-refractivity contribution in [1.82, 2.24) is 14.9 Å². The molecule has 1 aliphatic heterocycles. The number of anilines is 3. The number of carbonyl (C=O) groups excluding carboxylic acids is 1. The highest BCUT2D eigenvalue weighted by Gasteiger charge is 2.36. The predicted octanol–water partition coefficient (Wildman–Crippen LogP) is 3.69. The average molecular weight is 421 g/mol. The second kappa shape index (κ2) is 7.66. The predicted molar refractivity (Wildman–Crippen MR) is 105 cm³/mol. The standard InChI is InChI=1S/C20H22F3N5O2/c1-27-8-3-9-28(2)18(29)12-4-7-16(30-13-5-6-13)15(10-12)25-19-24-11-14(17(27)26-19)20(21,22)23/h4,7,10-11,13H,3,5-6,8-9H2,1-2H3,(H,24,25,26). The Bertz CT molecular complexity index is 962. The van der Waals surface area contributed by atoms with Crippen molar-refractivity contribution < 1.29 is 22.7 Å². The molecule has 1 aromatic carbocycles. The molecular formula is C20H22F3N5O2. The summed E-state index contributed by atoms with van der Waals surface area (Å²) in [7, 11) is 3.22. The molecule has 1 aromatic heterocycles. The van der Waals surface area contributed by atoms with Crippen molar-refractivity contribution in [3.8, 4) is 5.75 Å². The van der Waals surface area contributed by atoms with Crippen molar-refractivity contribution in [2.45, 2.75) is 31.5 Å². The van der Waals surface area contributed by atoms with Crippen LogP contribution in [-0.2, 0) is 6.18 Å². The molecule has 4 rings (SSSR count). The highest BCUT2D eigenvalue weighted by molar-refractivity contribution is 5.95. The zero-order valence-corrected chi connectivity index (χ0v) is 16.7. The summed E-state index contributed by atoms with van der Waals surface area (Å²) in [6.07, 6.45) is -1.33. The van der Waals surface area contributed by atoms with E-state index in [1.165, 1.54) is 4.90 Å². The Kier molecular flexibility index (Phi) is 5.17. The molecule has 7 nitrogen and oxygen atoms in total. The summed E-state index contributed by atoms with van der Waals surface area (Å²) in [5, 5.41) is 2.95. The largest absolute Gasteiger partial charge is 0.488 e. The Hall–Kier alpha value is -3.04. The zero-order valence-electron chi connectivity index (χ0n) is 16.7. The van der Waals surface area contributed by atoms with E-state index in [2.05, 4.69) is 15.3 Å². The monoisotopic (exact) mass is 421 g/mol. The smallest absolute Gasteiger partial charge is 0.421 e. The number of aromatic nitrogens is 2. The quantitative estimate of drug-likeness (QED) is 0.798. The van der Waals surface area contributed by atoms with E-state index < -0.39 is 11.7 Å². The third kappa shape index (κ3) is 4.27. The lowest BCUT2D eigenvalue weighted by Gasteiger charge is -2.23. The van der Waals surface area contributed by atoms with Gasteiger partial charge in [0.05, 0.1) is 11.8 Å². The van der Waals surface area contributed by atoms with Crippen LogP contribution < -0.4 is 15.0 Å². The van der Waals surface area contributed by atoms with Crippen LogP contribution in [0.25, 0.3) is 0 Å². The van der Waals surface area contributed by atoms with Gasteiger partial charge in [0.1, 0.15) is 17.1 Å². The Morgan fingerprint density at radius 1 is 1.17 bits per heavy atom. The lowest BCUT2D eigenvalue weighted by Crippen LogP contribution is -2.31. The second-order valence-electron chi connectivity index (χ2n) is 7.58. The summed E-state index contributed by atoms with van der Waals surface area (Å²) >= 11 is 0. The Morgan fingerprint density at radius 2 is 1.90 bits per heavy atom. The van der Waals surface area contributed by atoms with Crippen molar-refractivity contribution >= 4 is 23.4 Å². The molecular weight excluding hydrogens is 399 g/mol. The fourth-order valence-corrected chi connectivity index (χ4v) is 3.25. The second-order valence-corrected chi connectivity index (χ2v) is 7.58. The maximum absolute atomic E-state index is 13.5. The fourth-order valence-electron chi connectivity index (χ4n) is 3.25. The molecule has 4 bridgehead atoms. The van der Waals surface area contributed by atoms with Gasteiger partial charge in [-0.05, 0) is 37.5 Å². The number of fused-ring (bicyclic) bond motifs is 4. The highest BCUT2D eigenvalue weighted by atomic mass is 19.4. The van der Waals surface area contributed by atoms with Gasteiger partial charge in [-0.1, -0.05) is 0 Å². The van der Waals surface area contributed by atoms with Crippen LogP contribution in [0.2, 0.25) is 0 Å². The van der Waals surface area contributed by atoms with Crippen LogP contribution in [-0.4, -0.2) is 54.1 Å². The van der Waals surface area contributed by atoms with Crippen molar-refractivity contribution in [2.24, 2.45) is 0 Å². The van der Waals surface area contributed by atoms with Gasteiger partial charge in [0, 0.05) is 38.9 Å². The number of halogens is 3. The zero-order chi connectivity index (χ0) is 21.5. The number of benzene rings is 1. The number of nitrogens with one attached hydrogen (secondary N) is 1. The molecule has 2 heterocycles. The molecule has 1 fully saturated rings. The van der Waals surface area contributed by atoms with Gasteiger partial charge >= 0.3 is 6.18 Å². The summed E-state index contributed by atoms with van der Waals surface area (Å²) in [4.78, 5) is 23.8. The highest BCUT2D eigenvalue weighted by Crippen LogP contribution is 2.37. The molecule has 1 saturated carbocycles. The van der Waals surface area contributed by atoms with Crippen LogP contribution in [0.1, 0.15) is 35.2 Å². The van der Waals surface area contributed by atoms with Crippen LogP contribution >= 0.6 is 0 Å². The average Bonchev–Trinajstić information content (AvgIpc) is 3.51. The molecule has 0 saturated heterocycles. The van der Waals surface area contributed by atoms with Crippen molar-refractivity contribution in [1.29, 1.82) is 0 Å². The lowest BCUT2D eigenvalue weighted by molar-refractivity contribution is -0.137. The van der Waals surface area contributed by atoms with E-state index in [9.17, 15) is 18.0 Å². The third-order valence-corrected chi connectivity index (χ3v) is 5.06. The summed E-state index contributed by atoms with van der Waals surface area (Å²) in [5.41, 5.74) is -0.0188. The van der Waals surface area contributed by atoms with Crippen LogP contribution in [0.15, 0.2) is 24.4 Å². The lowest BCUT2D eigenvalue weighted by atomic mass is 10.1. The number of carbonyl (C=O) groups is 1. The molecule has 160 valence electrons. The molecule has 0 spiro atoms. The van der Waals surface area contributed by atoms with E-state index in [0.717, 1.165) is 19.0 Å². The molecule has 2 aromatic rings. The van der Waals surface area contributed by atoms with Crippen LogP contribution in [0.4, 0.5) is 30.6 Å². The molecule has 1 aliphatic carbocycles. The first-order valence-corrected chi connectivity index (χ1v) is 9.71. The maximum Gasteiger partial charge on any atom is 0.421 e. The Morgan fingerprint density at radius 3 is 2.60 bits per heavy atom. The van der Waals surface area contributed by atoms with E-state index in [0.29, 0.717) is 36.5 Å². The number of hydrogen-bond acceptors (Lipinski definition) is 6. The minimum atomic E-state index is -4.58. The molecule has 0 unspecified atom stereocenters. The number of amides is 1. The van der Waals surface area contributed by atoms with Gasteiger partial charge in [-0.15, -0.1) is 0 Å². The van der Waals surface area contributed by atoms with Crippen molar-refractivity contribution in [3.63, 3.8) is 0 Å². The van der Waals surface area contributed by atoms with E-state index in [-0.39, 0.29) is 23.8 Å². The molecule has 30 heavy (non-hydrogen) atoms. The minimum Gasteiger partial charge on any atom is -0.488 e. The van der Waals surface area contributed by atoms with Crippen molar-refractivity contribution in [3.05, 3.63) is 35.5 Å². The first kappa shape index (κ1) is 20.2. The molecule has 2 aliphatic rings. The van der Waals surface area contributed by atoms with Gasteiger partial charge < -0.3 is 19.9 Å². The molecule has 0 atom stereocenters. The summed E-state index contributed by atoms with van der Waals surface area (Å²) in [6.45, 7) is 0.691. The third-order valence-electron chi connectivity index (χ3n) is 5.06. The maximum atomic E-state index is 13.5. The summed E-state index contributed by atoms with van der Waals surface area (Å²) in [6, 6.07) is 5.00. The number of nitrogens with zero attached hydrogens (tertiary/aromatic N) is 4. The van der Waals surface area contributed by atoms with E-state index in [4.69, 9.17) is 4.74 Å². The molecule has 1 N–H and O–H groups in total. The number of rotatable bonds is 2. The molecule has 0 radical (unpaired) electrons.